The number of nitrogens with two attached hydrogens (primary N) is 1. The van der Waals surface area contributed by atoms with Gasteiger partial charge in [0.05, 0.1) is 13.7 Å². The maximum Gasteiger partial charge on any atom is 0.319 e. The molecule has 1 aliphatic rings. The summed E-state index contributed by atoms with van der Waals surface area (Å²) in [5.74, 6) is -0.641. The van der Waals surface area contributed by atoms with E-state index < -0.39 is 11.4 Å². The first kappa shape index (κ1) is 8.20. The number of ketones is 1. The molecule has 0 aromatic heterocycles. The summed E-state index contributed by atoms with van der Waals surface area (Å²) in [5.41, 5.74) is 4.28. The summed E-state index contributed by atoms with van der Waals surface area (Å²) in [6, 6.07) is 0. The Balaban J connectivity index is 2.67. The number of hydrogen-bond acceptors (Lipinski definition) is 4. The topological polar surface area (TPSA) is 69.4 Å². The summed E-state index contributed by atoms with van der Waals surface area (Å²) < 4.78 is 4.49. The molecule has 0 heterocycles. The van der Waals surface area contributed by atoms with Crippen molar-refractivity contribution in [3.8, 4) is 0 Å². The molecule has 1 saturated carbocycles. The van der Waals surface area contributed by atoms with E-state index in [0.717, 1.165) is 0 Å². The zero-order valence-electron chi connectivity index (χ0n) is 6.42. The molecule has 0 spiro atoms. The molecule has 0 amide bonds. The number of rotatable bonds is 3. The number of hydrogen-bond donors (Lipinski definition) is 1. The molecule has 4 nitrogen and oxygen atoms in total. The zero-order valence-corrected chi connectivity index (χ0v) is 6.42. The summed E-state index contributed by atoms with van der Waals surface area (Å²) in [6.07, 6.45) is 1.19. The lowest BCUT2D eigenvalue weighted by Gasteiger charge is -2.08. The first-order chi connectivity index (χ1) is 5.17. The van der Waals surface area contributed by atoms with Crippen LogP contribution < -0.4 is 5.73 Å². The molecule has 62 valence electrons. The van der Waals surface area contributed by atoms with Crippen LogP contribution in [0.3, 0.4) is 0 Å². The van der Waals surface area contributed by atoms with Crippen LogP contribution in [0, 0.1) is 5.41 Å². The minimum atomic E-state index is -0.858. The largest absolute Gasteiger partial charge is 0.468 e. The lowest BCUT2D eigenvalue weighted by atomic mass is 10.0. The van der Waals surface area contributed by atoms with E-state index in [0.29, 0.717) is 12.8 Å². The Labute approximate surface area is 64.7 Å². The highest BCUT2D eigenvalue weighted by Gasteiger charge is 2.56. The Morgan fingerprint density at radius 3 is 2.36 bits per heavy atom. The molecular formula is C7H11NO3. The average Bonchev–Trinajstić information content (AvgIpc) is 2.82. The molecule has 11 heavy (non-hydrogen) atoms. The lowest BCUT2D eigenvalue weighted by molar-refractivity contribution is -0.151. The number of esters is 1. The van der Waals surface area contributed by atoms with Crippen molar-refractivity contribution in [1.82, 2.24) is 0 Å². The van der Waals surface area contributed by atoms with E-state index in [2.05, 4.69) is 4.74 Å². The molecule has 0 aromatic rings. The highest BCUT2D eigenvalue weighted by atomic mass is 16.5. The van der Waals surface area contributed by atoms with Gasteiger partial charge in [0.1, 0.15) is 5.41 Å². The lowest BCUT2D eigenvalue weighted by Crippen LogP contribution is -2.32. The highest BCUT2D eigenvalue weighted by Crippen LogP contribution is 2.47. The van der Waals surface area contributed by atoms with Crippen LogP contribution >= 0.6 is 0 Å². The van der Waals surface area contributed by atoms with Gasteiger partial charge in [0.15, 0.2) is 5.78 Å². The predicted octanol–water partition coefficient (Wildman–Crippen LogP) is -0.533. The highest BCUT2D eigenvalue weighted by molar-refractivity contribution is 6.07. The van der Waals surface area contributed by atoms with Crippen LogP contribution in [0.15, 0.2) is 0 Å². The smallest absolute Gasteiger partial charge is 0.319 e. The van der Waals surface area contributed by atoms with Crippen LogP contribution in [0.25, 0.3) is 0 Å². The first-order valence-electron chi connectivity index (χ1n) is 3.49. The van der Waals surface area contributed by atoms with E-state index in [1.165, 1.54) is 7.11 Å². The average molecular weight is 157 g/mol. The fourth-order valence-electron chi connectivity index (χ4n) is 1.11. The van der Waals surface area contributed by atoms with E-state index in [1.54, 1.807) is 0 Å². The van der Waals surface area contributed by atoms with Gasteiger partial charge in [-0.1, -0.05) is 0 Å². The van der Waals surface area contributed by atoms with Crippen molar-refractivity contribution in [2.45, 2.75) is 12.8 Å². The van der Waals surface area contributed by atoms with E-state index >= 15 is 0 Å². The maximum atomic E-state index is 11.1. The van der Waals surface area contributed by atoms with Gasteiger partial charge >= 0.3 is 5.97 Å². The number of methoxy groups -OCH3 is 1. The molecule has 0 bridgehead atoms. The third-order valence-electron chi connectivity index (χ3n) is 2.05. The van der Waals surface area contributed by atoms with Crippen molar-refractivity contribution in [1.29, 1.82) is 0 Å². The molecule has 1 rings (SSSR count). The first-order valence-corrected chi connectivity index (χ1v) is 3.49. The Kier molecular flexibility index (Phi) is 1.95. The number of Topliss-reactive ketones (excluding diaryl/α,β-unsaturated/α-hetero) is 1. The van der Waals surface area contributed by atoms with Crippen molar-refractivity contribution in [2.75, 3.05) is 13.7 Å². The summed E-state index contributed by atoms with van der Waals surface area (Å²) >= 11 is 0. The van der Waals surface area contributed by atoms with E-state index in [1.807, 2.05) is 0 Å². The van der Waals surface area contributed by atoms with Crippen molar-refractivity contribution in [3.63, 3.8) is 0 Å². The Bertz CT molecular complexity index is 178. The molecule has 0 atom stereocenters. The molecular weight excluding hydrogens is 146 g/mol. The minimum absolute atomic E-state index is 0.0743. The van der Waals surface area contributed by atoms with Gasteiger partial charge in [0.25, 0.3) is 0 Å². The molecule has 2 N–H and O–H groups in total. The molecule has 1 fully saturated rings. The van der Waals surface area contributed by atoms with Gasteiger partial charge in [0, 0.05) is 0 Å². The van der Waals surface area contributed by atoms with Crippen LogP contribution in [-0.2, 0) is 14.3 Å². The summed E-state index contributed by atoms with van der Waals surface area (Å²) in [6.45, 7) is -0.0743. The summed E-state index contributed by atoms with van der Waals surface area (Å²) in [7, 11) is 1.28. The molecule has 4 heteroatoms. The van der Waals surface area contributed by atoms with Crippen molar-refractivity contribution >= 4 is 11.8 Å². The maximum absolute atomic E-state index is 11.1. The Morgan fingerprint density at radius 1 is 1.55 bits per heavy atom. The monoisotopic (exact) mass is 157 g/mol. The van der Waals surface area contributed by atoms with Gasteiger partial charge in [-0.2, -0.15) is 0 Å². The van der Waals surface area contributed by atoms with Crippen LogP contribution in [0.4, 0.5) is 0 Å². The summed E-state index contributed by atoms with van der Waals surface area (Å²) in [4.78, 5) is 22.1. The number of ether oxygens (including phenoxy) is 1. The zero-order chi connectivity index (χ0) is 8.48. The Hall–Kier alpha value is -0.900. The van der Waals surface area contributed by atoms with Gasteiger partial charge in [-0.25, -0.2) is 0 Å². The predicted molar refractivity (Wildman–Crippen MR) is 37.7 cm³/mol. The second-order valence-corrected chi connectivity index (χ2v) is 2.70. The third-order valence-corrected chi connectivity index (χ3v) is 2.05. The molecule has 0 aromatic carbocycles. The van der Waals surface area contributed by atoms with Crippen molar-refractivity contribution in [3.05, 3.63) is 0 Å². The molecule has 0 radical (unpaired) electrons. The van der Waals surface area contributed by atoms with Crippen LogP contribution in [-0.4, -0.2) is 25.4 Å². The van der Waals surface area contributed by atoms with Gasteiger partial charge in [0.2, 0.25) is 0 Å². The van der Waals surface area contributed by atoms with Gasteiger partial charge in [-0.15, -0.1) is 0 Å². The van der Waals surface area contributed by atoms with E-state index in [9.17, 15) is 9.59 Å². The van der Waals surface area contributed by atoms with Crippen molar-refractivity contribution in [2.24, 2.45) is 11.1 Å². The molecule has 0 saturated heterocycles. The minimum Gasteiger partial charge on any atom is -0.468 e. The SMILES string of the molecule is COC(=O)C1(C(=O)CN)CC1. The molecule has 0 unspecified atom stereocenters. The van der Waals surface area contributed by atoms with Crippen LogP contribution in [0.1, 0.15) is 12.8 Å². The van der Waals surface area contributed by atoms with Crippen LogP contribution in [0.2, 0.25) is 0 Å². The summed E-state index contributed by atoms with van der Waals surface area (Å²) in [5, 5.41) is 0. The second-order valence-electron chi connectivity index (χ2n) is 2.70. The Morgan fingerprint density at radius 2 is 2.09 bits per heavy atom. The second kappa shape index (κ2) is 2.62. The number of carbonyl (C=O) groups is 2. The fourth-order valence-corrected chi connectivity index (χ4v) is 1.11. The molecule has 0 aliphatic heterocycles. The fraction of sp³-hybridized carbons (Fsp3) is 0.714. The normalized spacial score (nSPS) is 19.1. The molecule has 1 aliphatic carbocycles. The number of carbonyl (C=O) groups excluding carboxylic acids is 2. The van der Waals surface area contributed by atoms with E-state index in [4.69, 9.17) is 5.73 Å². The van der Waals surface area contributed by atoms with Crippen molar-refractivity contribution < 1.29 is 14.3 Å². The standard InChI is InChI=1S/C7H11NO3/c1-11-6(10)7(2-3-7)5(9)4-8/h2-4,8H2,1H3. The quantitative estimate of drug-likeness (QED) is 0.441. The van der Waals surface area contributed by atoms with Gasteiger partial charge in [-0.05, 0) is 12.8 Å². The van der Waals surface area contributed by atoms with E-state index in [-0.39, 0.29) is 12.3 Å². The third kappa shape index (κ3) is 1.14. The van der Waals surface area contributed by atoms with Gasteiger partial charge in [-0.3, -0.25) is 9.59 Å². The van der Waals surface area contributed by atoms with Gasteiger partial charge < -0.3 is 10.5 Å². The van der Waals surface area contributed by atoms with Crippen LogP contribution in [0.5, 0.6) is 0 Å².